The Balaban J connectivity index is 1.17. The van der Waals surface area contributed by atoms with Crippen LogP contribution in [0, 0.1) is 0 Å². The van der Waals surface area contributed by atoms with E-state index in [0.717, 1.165) is 40.6 Å². The number of aromatic nitrogens is 1. The van der Waals surface area contributed by atoms with Crippen molar-refractivity contribution >= 4 is 105 Å². The molecule has 0 spiro atoms. The summed E-state index contributed by atoms with van der Waals surface area (Å²) in [6.45, 7) is 21.6. The first-order valence-corrected chi connectivity index (χ1v) is 25.5. The van der Waals surface area contributed by atoms with Gasteiger partial charge in [0.1, 0.15) is 11.2 Å². The smallest absolute Gasteiger partial charge is 0.198 e. The number of thiophene rings is 1. The number of hydrogen-bond acceptors (Lipinski definition) is 3. The second-order valence-electron chi connectivity index (χ2n) is 23.2. The molecule has 0 bridgehead atoms. The highest BCUT2D eigenvalue weighted by molar-refractivity contribution is 7.27. The van der Waals surface area contributed by atoms with Gasteiger partial charge in [-0.2, -0.15) is 0 Å². The molecule has 4 heterocycles. The predicted molar refractivity (Wildman–Crippen MR) is 294 cm³/mol. The van der Waals surface area contributed by atoms with Crippen molar-refractivity contribution in [1.29, 1.82) is 0 Å². The van der Waals surface area contributed by atoms with E-state index in [2.05, 4.69) is 206 Å². The van der Waals surface area contributed by atoms with Gasteiger partial charge in [-0.05, 0) is 128 Å². The second kappa shape index (κ2) is 13.4. The lowest BCUT2D eigenvalue weighted by Gasteiger charge is -2.42. The first-order chi connectivity index (χ1) is 32.6. The standard InChI is InChI=1S/C63H55BN2OS/c1-60(2,3)34-22-24-35(25-23-34)65-48-33-52-40(37-17-11-14-20-51(37)67-52)28-41(48)54-55-38-18-12-15-21-53(38)68-59(55)56-42-29-45-46(62(6,7)27-26-61(45,4)5)32-49(42)66-50-31-44-39(30-47(50)64-57(54)58(56)66)36-16-10-13-19-43(36)63(44,8)9/h10-25,28-33,64-65H,26-27H2,1-9H3. The molecule has 1 N–H and O–H groups in total. The highest BCUT2D eigenvalue weighted by Gasteiger charge is 2.41. The van der Waals surface area contributed by atoms with Crippen molar-refractivity contribution in [3.63, 3.8) is 0 Å². The van der Waals surface area contributed by atoms with Crippen LogP contribution in [-0.4, -0.2) is 11.8 Å². The van der Waals surface area contributed by atoms with Crippen LogP contribution in [0.15, 0.2) is 138 Å². The molecule has 0 saturated carbocycles. The number of anilines is 2. The molecule has 0 unspecified atom stereocenters. The van der Waals surface area contributed by atoms with Crippen LogP contribution in [0.2, 0.25) is 0 Å². The Hall–Kier alpha value is -6.56. The number of benzene rings is 8. The maximum absolute atomic E-state index is 6.70. The fraction of sp³-hybridized carbons (Fsp3) is 0.238. The molecule has 14 rings (SSSR count). The van der Waals surface area contributed by atoms with Gasteiger partial charge in [-0.15, -0.1) is 11.3 Å². The molecular weight excluding hydrogens is 844 g/mol. The molecule has 0 saturated heterocycles. The highest BCUT2D eigenvalue weighted by atomic mass is 32.1. The van der Waals surface area contributed by atoms with Crippen LogP contribution in [0.3, 0.4) is 0 Å². The van der Waals surface area contributed by atoms with Crippen molar-refractivity contribution in [1.82, 2.24) is 4.57 Å². The zero-order valence-electron chi connectivity index (χ0n) is 40.6. The third-order valence-corrected chi connectivity index (χ3v) is 18.0. The van der Waals surface area contributed by atoms with Gasteiger partial charge in [0, 0.05) is 70.1 Å². The largest absolute Gasteiger partial charge is 0.456 e. The molecule has 0 amide bonds. The van der Waals surface area contributed by atoms with Crippen LogP contribution in [0.5, 0.6) is 0 Å². The van der Waals surface area contributed by atoms with Crippen LogP contribution in [-0.2, 0) is 21.7 Å². The fourth-order valence-electron chi connectivity index (χ4n) is 12.9. The molecule has 0 fully saturated rings. The molecule has 11 aromatic rings. The van der Waals surface area contributed by atoms with E-state index in [1.807, 2.05) is 11.3 Å². The van der Waals surface area contributed by atoms with Gasteiger partial charge in [-0.25, -0.2) is 0 Å². The van der Waals surface area contributed by atoms with E-state index >= 15 is 0 Å². The summed E-state index contributed by atoms with van der Waals surface area (Å²) < 4.78 is 12.1. The third kappa shape index (κ3) is 5.43. The Bertz CT molecular complexity index is 4030. The van der Waals surface area contributed by atoms with Crippen molar-refractivity contribution in [3.8, 4) is 27.9 Å². The summed E-state index contributed by atoms with van der Waals surface area (Å²) in [6.07, 6.45) is 2.35. The van der Waals surface area contributed by atoms with Gasteiger partial charge in [0.05, 0.1) is 16.7 Å². The fourth-order valence-corrected chi connectivity index (χ4v) is 14.2. The van der Waals surface area contributed by atoms with Gasteiger partial charge in [-0.1, -0.05) is 147 Å². The molecule has 8 aromatic carbocycles. The number of nitrogens with zero attached hydrogens (tertiary/aromatic N) is 1. The van der Waals surface area contributed by atoms with E-state index in [9.17, 15) is 0 Å². The molecule has 5 heteroatoms. The van der Waals surface area contributed by atoms with Crippen molar-refractivity contribution in [3.05, 3.63) is 161 Å². The number of para-hydroxylation sites is 1. The summed E-state index contributed by atoms with van der Waals surface area (Å²) in [5.74, 6) is 0. The zero-order valence-corrected chi connectivity index (χ0v) is 41.4. The third-order valence-electron chi connectivity index (χ3n) is 16.8. The van der Waals surface area contributed by atoms with Crippen LogP contribution in [0.1, 0.15) is 103 Å². The summed E-state index contributed by atoms with van der Waals surface area (Å²) >= 11 is 1.97. The lowest BCUT2D eigenvalue weighted by molar-refractivity contribution is 0.332. The minimum Gasteiger partial charge on any atom is -0.456 e. The molecule has 1 aliphatic heterocycles. The van der Waals surface area contributed by atoms with Crippen molar-refractivity contribution in [2.45, 2.75) is 96.8 Å². The molecule has 0 atom stereocenters. The van der Waals surface area contributed by atoms with E-state index in [4.69, 9.17) is 4.42 Å². The Kier molecular flexibility index (Phi) is 7.96. The SMILES string of the molecule is CC(C)(C)c1ccc(Nc2cc3oc4ccccc4c3cc2-c2c3c4c(c5cc6c(cc5n4-c4cc5c(cc4B3)-c3ccccc3C5(C)C)C(C)(C)CCC6(C)C)c3sc4ccccc4c23)cc1. The summed E-state index contributed by atoms with van der Waals surface area (Å²) in [6, 6.07) is 51.0. The minimum absolute atomic E-state index is 0.0536. The Morgan fingerprint density at radius 3 is 2.09 bits per heavy atom. The Morgan fingerprint density at radius 1 is 0.603 bits per heavy atom. The van der Waals surface area contributed by atoms with Crippen LogP contribution in [0.25, 0.3) is 91.9 Å². The maximum atomic E-state index is 6.70. The Morgan fingerprint density at radius 2 is 1.31 bits per heavy atom. The van der Waals surface area contributed by atoms with Crippen molar-refractivity contribution < 1.29 is 4.42 Å². The molecule has 0 radical (unpaired) electrons. The second-order valence-corrected chi connectivity index (χ2v) is 24.3. The van der Waals surface area contributed by atoms with Gasteiger partial charge < -0.3 is 14.3 Å². The first-order valence-electron chi connectivity index (χ1n) is 24.7. The Labute approximate surface area is 403 Å². The van der Waals surface area contributed by atoms with Gasteiger partial charge in [0.15, 0.2) is 7.28 Å². The molecule has 2 aliphatic carbocycles. The molecule has 3 aliphatic rings. The predicted octanol–water partition coefficient (Wildman–Crippen LogP) is 16.1. The first kappa shape index (κ1) is 40.5. The van der Waals surface area contributed by atoms with Gasteiger partial charge in [0.25, 0.3) is 0 Å². The molecule has 3 aromatic heterocycles. The minimum atomic E-state index is -0.122. The topological polar surface area (TPSA) is 30.1 Å². The average Bonchev–Trinajstić information content (AvgIpc) is 4.04. The number of nitrogens with one attached hydrogen (secondary N) is 1. The van der Waals surface area contributed by atoms with Crippen LogP contribution >= 0.6 is 11.3 Å². The highest BCUT2D eigenvalue weighted by Crippen LogP contribution is 2.55. The lowest BCUT2D eigenvalue weighted by Crippen LogP contribution is -2.38. The molecule has 68 heavy (non-hydrogen) atoms. The summed E-state index contributed by atoms with van der Waals surface area (Å²) in [5.41, 5.74) is 23.1. The van der Waals surface area contributed by atoms with E-state index in [0.29, 0.717) is 0 Å². The number of hydrogen-bond donors (Lipinski definition) is 1. The van der Waals surface area contributed by atoms with E-state index < -0.39 is 0 Å². The number of fused-ring (bicyclic) bond motifs is 16. The maximum Gasteiger partial charge on any atom is 0.198 e. The summed E-state index contributed by atoms with van der Waals surface area (Å²) in [4.78, 5) is 0. The normalized spacial score (nSPS) is 16.4. The summed E-state index contributed by atoms with van der Waals surface area (Å²) in [7, 11) is 0.814. The number of rotatable bonds is 3. The number of furan rings is 1. The van der Waals surface area contributed by atoms with E-state index in [-0.39, 0.29) is 21.7 Å². The summed E-state index contributed by atoms with van der Waals surface area (Å²) in [5, 5.41) is 11.7. The monoisotopic (exact) mass is 898 g/mol. The lowest BCUT2D eigenvalue weighted by atomic mass is 9.58. The van der Waals surface area contributed by atoms with Crippen LogP contribution in [0.4, 0.5) is 11.4 Å². The molecular formula is C63H55BN2OS. The quantitative estimate of drug-likeness (QED) is 0.179. The molecule has 3 nitrogen and oxygen atoms in total. The van der Waals surface area contributed by atoms with Gasteiger partial charge >= 0.3 is 0 Å². The van der Waals surface area contributed by atoms with Gasteiger partial charge in [-0.3, -0.25) is 0 Å². The van der Waals surface area contributed by atoms with Gasteiger partial charge in [0.2, 0.25) is 0 Å². The molecule has 332 valence electrons. The zero-order chi connectivity index (χ0) is 46.4. The average molecular weight is 899 g/mol. The van der Waals surface area contributed by atoms with Crippen molar-refractivity contribution in [2.75, 3.05) is 5.32 Å². The van der Waals surface area contributed by atoms with Crippen molar-refractivity contribution in [2.24, 2.45) is 0 Å². The van der Waals surface area contributed by atoms with E-state index in [1.54, 1.807) is 0 Å². The van der Waals surface area contributed by atoms with Crippen LogP contribution < -0.4 is 16.2 Å². The van der Waals surface area contributed by atoms with E-state index in [1.165, 1.54) is 122 Å².